The number of halogens is 3. The molecular weight excluding hydrogens is 243 g/mol. The molecule has 5 heteroatoms. The molecule has 1 atom stereocenters. The van der Waals surface area contributed by atoms with Crippen molar-refractivity contribution in [2.45, 2.75) is 33.2 Å². The number of hydrogen-bond acceptors (Lipinski definition) is 1. The maximum absolute atomic E-state index is 13.1. The highest BCUT2D eigenvalue weighted by molar-refractivity contribution is 5.94. The minimum Gasteiger partial charge on any atom is -0.336 e. The molecule has 0 aliphatic carbocycles. The molecule has 1 unspecified atom stereocenters. The number of hydrogen-bond donors (Lipinski definition) is 0. The number of rotatable bonds is 4. The zero-order valence-corrected chi connectivity index (χ0v) is 10.6. The molecule has 0 aromatic heterocycles. The van der Waals surface area contributed by atoms with Crippen LogP contribution in [0.4, 0.5) is 13.2 Å². The number of amides is 1. The Balaban J connectivity index is 3.10. The van der Waals surface area contributed by atoms with E-state index in [0.29, 0.717) is 6.54 Å². The van der Waals surface area contributed by atoms with E-state index >= 15 is 0 Å². The molecule has 0 heterocycles. The van der Waals surface area contributed by atoms with Crippen LogP contribution in [0.15, 0.2) is 12.1 Å². The lowest BCUT2D eigenvalue weighted by molar-refractivity contribution is 0.0698. The Labute approximate surface area is 104 Å². The Bertz CT molecular complexity index is 425. The van der Waals surface area contributed by atoms with Crippen molar-refractivity contribution in [2.24, 2.45) is 0 Å². The third-order valence-corrected chi connectivity index (χ3v) is 2.96. The Hall–Kier alpha value is -1.52. The second kappa shape index (κ2) is 5.89. The highest BCUT2D eigenvalue weighted by Gasteiger charge is 2.21. The average molecular weight is 259 g/mol. The largest absolute Gasteiger partial charge is 0.336 e. The summed E-state index contributed by atoms with van der Waals surface area (Å²) in [6, 6.07) is 1.41. The van der Waals surface area contributed by atoms with E-state index in [-0.39, 0.29) is 11.6 Å². The van der Waals surface area contributed by atoms with Gasteiger partial charge < -0.3 is 4.90 Å². The van der Waals surface area contributed by atoms with Gasteiger partial charge in [-0.05, 0) is 32.4 Å². The van der Waals surface area contributed by atoms with Crippen molar-refractivity contribution in [2.75, 3.05) is 6.54 Å². The summed E-state index contributed by atoms with van der Waals surface area (Å²) in [5.74, 6) is -4.75. The molecule has 1 rings (SSSR count). The van der Waals surface area contributed by atoms with Gasteiger partial charge in [0.25, 0.3) is 5.91 Å². The molecule has 0 spiro atoms. The first-order chi connectivity index (χ1) is 8.42. The molecule has 0 N–H and O–H groups in total. The lowest BCUT2D eigenvalue weighted by Gasteiger charge is -2.27. The molecule has 0 bridgehead atoms. The van der Waals surface area contributed by atoms with Crippen molar-refractivity contribution in [1.29, 1.82) is 0 Å². The molecule has 0 saturated heterocycles. The van der Waals surface area contributed by atoms with Crippen molar-refractivity contribution in [3.63, 3.8) is 0 Å². The van der Waals surface area contributed by atoms with Crippen LogP contribution < -0.4 is 0 Å². The standard InChI is InChI=1S/C13H16F3NO/c1-4-8(3)17(5-2)13(18)9-6-10(14)12(16)11(15)7-9/h6-8H,4-5H2,1-3H3. The van der Waals surface area contributed by atoms with Crippen LogP contribution >= 0.6 is 0 Å². The monoisotopic (exact) mass is 259 g/mol. The molecule has 1 amide bonds. The normalized spacial score (nSPS) is 12.3. The Morgan fingerprint density at radius 2 is 1.72 bits per heavy atom. The Kier molecular flexibility index (Phi) is 4.76. The van der Waals surface area contributed by atoms with Crippen molar-refractivity contribution in [3.8, 4) is 0 Å². The number of nitrogens with zero attached hydrogens (tertiary/aromatic N) is 1. The van der Waals surface area contributed by atoms with E-state index in [0.717, 1.165) is 18.6 Å². The van der Waals surface area contributed by atoms with Gasteiger partial charge in [0.15, 0.2) is 17.5 Å². The van der Waals surface area contributed by atoms with E-state index in [4.69, 9.17) is 0 Å². The fraction of sp³-hybridized carbons (Fsp3) is 0.462. The summed E-state index contributed by atoms with van der Waals surface area (Å²) in [4.78, 5) is 13.6. The SMILES string of the molecule is CCC(C)N(CC)C(=O)c1cc(F)c(F)c(F)c1. The number of carbonyl (C=O) groups is 1. The van der Waals surface area contributed by atoms with Crippen molar-refractivity contribution in [1.82, 2.24) is 4.90 Å². The third kappa shape index (κ3) is 2.83. The predicted molar refractivity (Wildman–Crippen MR) is 62.8 cm³/mol. The molecule has 0 aliphatic rings. The van der Waals surface area contributed by atoms with Crippen LogP contribution in [0.25, 0.3) is 0 Å². The molecule has 0 saturated carbocycles. The van der Waals surface area contributed by atoms with Gasteiger partial charge in [-0.25, -0.2) is 13.2 Å². The average Bonchev–Trinajstić information content (AvgIpc) is 2.35. The fourth-order valence-corrected chi connectivity index (χ4v) is 1.72. The van der Waals surface area contributed by atoms with Gasteiger partial charge in [0.2, 0.25) is 0 Å². The molecule has 18 heavy (non-hydrogen) atoms. The highest BCUT2D eigenvalue weighted by atomic mass is 19.2. The Morgan fingerprint density at radius 1 is 1.22 bits per heavy atom. The smallest absolute Gasteiger partial charge is 0.254 e. The first-order valence-corrected chi connectivity index (χ1v) is 5.87. The van der Waals surface area contributed by atoms with Crippen LogP contribution in [-0.4, -0.2) is 23.4 Å². The van der Waals surface area contributed by atoms with Gasteiger partial charge in [0, 0.05) is 18.2 Å². The molecule has 100 valence electrons. The van der Waals surface area contributed by atoms with E-state index in [2.05, 4.69) is 0 Å². The molecule has 1 aromatic carbocycles. The summed E-state index contributed by atoms with van der Waals surface area (Å²) in [5.41, 5.74) is -0.173. The van der Waals surface area contributed by atoms with Gasteiger partial charge >= 0.3 is 0 Å². The lowest BCUT2D eigenvalue weighted by Crippen LogP contribution is -2.38. The van der Waals surface area contributed by atoms with E-state index < -0.39 is 23.4 Å². The van der Waals surface area contributed by atoms with Crippen molar-refractivity contribution < 1.29 is 18.0 Å². The van der Waals surface area contributed by atoms with E-state index in [1.807, 2.05) is 13.8 Å². The second-order valence-electron chi connectivity index (χ2n) is 4.10. The summed E-state index contributed by atoms with van der Waals surface area (Å²) in [6.45, 7) is 5.96. The van der Waals surface area contributed by atoms with E-state index in [1.54, 1.807) is 6.92 Å². The van der Waals surface area contributed by atoms with Crippen LogP contribution in [0.3, 0.4) is 0 Å². The van der Waals surface area contributed by atoms with Crippen molar-refractivity contribution in [3.05, 3.63) is 35.1 Å². The van der Waals surface area contributed by atoms with Gasteiger partial charge in [-0.3, -0.25) is 4.79 Å². The number of benzene rings is 1. The summed E-state index contributed by atoms with van der Waals surface area (Å²) >= 11 is 0. The Morgan fingerprint density at radius 3 is 2.11 bits per heavy atom. The summed E-state index contributed by atoms with van der Waals surface area (Å²) in [5, 5.41) is 0. The first-order valence-electron chi connectivity index (χ1n) is 5.87. The minimum absolute atomic E-state index is 0.0429. The topological polar surface area (TPSA) is 20.3 Å². The zero-order chi connectivity index (χ0) is 13.9. The molecule has 2 nitrogen and oxygen atoms in total. The summed E-state index contributed by atoms with van der Waals surface area (Å²) in [7, 11) is 0. The minimum atomic E-state index is -1.56. The molecule has 1 aromatic rings. The van der Waals surface area contributed by atoms with Gasteiger partial charge in [-0.15, -0.1) is 0 Å². The first kappa shape index (κ1) is 14.5. The zero-order valence-electron chi connectivity index (χ0n) is 10.6. The summed E-state index contributed by atoms with van der Waals surface area (Å²) < 4.78 is 38.9. The van der Waals surface area contributed by atoms with Crippen molar-refractivity contribution >= 4 is 5.91 Å². The van der Waals surface area contributed by atoms with Crippen LogP contribution in [0.2, 0.25) is 0 Å². The summed E-state index contributed by atoms with van der Waals surface area (Å²) in [6.07, 6.45) is 0.728. The molecular formula is C13H16F3NO. The maximum Gasteiger partial charge on any atom is 0.254 e. The highest BCUT2D eigenvalue weighted by Crippen LogP contribution is 2.16. The van der Waals surface area contributed by atoms with Crippen LogP contribution in [0.5, 0.6) is 0 Å². The lowest BCUT2D eigenvalue weighted by atomic mass is 10.1. The van der Waals surface area contributed by atoms with Crippen LogP contribution in [-0.2, 0) is 0 Å². The van der Waals surface area contributed by atoms with Crippen LogP contribution in [0, 0.1) is 17.5 Å². The van der Waals surface area contributed by atoms with Gasteiger partial charge in [-0.2, -0.15) is 0 Å². The quantitative estimate of drug-likeness (QED) is 0.759. The molecule has 0 aliphatic heterocycles. The van der Waals surface area contributed by atoms with Crippen LogP contribution in [0.1, 0.15) is 37.6 Å². The van der Waals surface area contributed by atoms with Gasteiger partial charge in [0.05, 0.1) is 0 Å². The second-order valence-corrected chi connectivity index (χ2v) is 4.10. The fourth-order valence-electron chi connectivity index (χ4n) is 1.72. The third-order valence-electron chi connectivity index (χ3n) is 2.96. The predicted octanol–water partition coefficient (Wildman–Crippen LogP) is 3.36. The molecule has 0 fully saturated rings. The maximum atomic E-state index is 13.1. The van der Waals surface area contributed by atoms with E-state index in [9.17, 15) is 18.0 Å². The van der Waals surface area contributed by atoms with Gasteiger partial charge in [0.1, 0.15) is 0 Å². The van der Waals surface area contributed by atoms with Gasteiger partial charge in [-0.1, -0.05) is 6.92 Å². The molecule has 0 radical (unpaired) electrons. The van der Waals surface area contributed by atoms with E-state index in [1.165, 1.54) is 4.90 Å². The number of carbonyl (C=O) groups excluding carboxylic acids is 1.